The van der Waals surface area contributed by atoms with E-state index in [0.29, 0.717) is 15.6 Å². The lowest BCUT2D eigenvalue weighted by atomic mass is 9.89. The Labute approximate surface area is 129 Å². The fourth-order valence-corrected chi connectivity index (χ4v) is 2.91. The highest BCUT2D eigenvalue weighted by Crippen LogP contribution is 2.36. The van der Waals surface area contributed by atoms with Crippen molar-refractivity contribution in [3.8, 4) is 0 Å². The first kappa shape index (κ1) is 15.3. The highest BCUT2D eigenvalue weighted by atomic mass is 35.5. The lowest BCUT2D eigenvalue weighted by Crippen LogP contribution is -2.20. The Kier molecular flexibility index (Phi) is 5.06. The van der Waals surface area contributed by atoms with Gasteiger partial charge in [0.1, 0.15) is 0 Å². The van der Waals surface area contributed by atoms with Crippen LogP contribution in [0.15, 0.2) is 42.5 Å². The number of aryl methyl sites for hydroxylation is 1. The van der Waals surface area contributed by atoms with Crippen LogP contribution in [0.2, 0.25) is 10.0 Å². The summed E-state index contributed by atoms with van der Waals surface area (Å²) in [6.45, 7) is 2.24. The minimum atomic E-state index is -0.784. The fraction of sp³-hybridized carbons (Fsp3) is 0.250. The highest BCUT2D eigenvalue weighted by Gasteiger charge is 2.25. The zero-order valence-electron chi connectivity index (χ0n) is 11.2. The lowest BCUT2D eigenvalue weighted by molar-refractivity contribution is 0.147. The molecule has 0 aliphatic carbocycles. The number of hydrogen-bond donors (Lipinski definition) is 2. The van der Waals surface area contributed by atoms with Gasteiger partial charge >= 0.3 is 0 Å². The van der Waals surface area contributed by atoms with Gasteiger partial charge in [0.25, 0.3) is 0 Å². The Morgan fingerprint density at radius 1 is 1.05 bits per heavy atom. The maximum absolute atomic E-state index is 10.6. The Morgan fingerprint density at radius 2 is 1.75 bits per heavy atom. The molecule has 3 N–H and O–H groups in total. The molecule has 2 nitrogen and oxygen atoms in total. The summed E-state index contributed by atoms with van der Waals surface area (Å²) in [6, 6.07) is 13.0. The van der Waals surface area contributed by atoms with E-state index in [9.17, 15) is 5.11 Å². The van der Waals surface area contributed by atoms with Crippen LogP contribution >= 0.6 is 23.2 Å². The average molecular weight is 310 g/mol. The Balaban J connectivity index is 2.39. The van der Waals surface area contributed by atoms with Gasteiger partial charge < -0.3 is 10.8 Å². The van der Waals surface area contributed by atoms with Crippen molar-refractivity contribution < 1.29 is 5.11 Å². The molecule has 0 bridgehead atoms. The van der Waals surface area contributed by atoms with Crippen LogP contribution in [-0.2, 0) is 0 Å². The molecule has 2 atom stereocenters. The SMILES string of the molecule is Cc1ccc(C(O)C(CN)c2ccccc2Cl)c(Cl)c1. The molecule has 0 aliphatic heterocycles. The Hall–Kier alpha value is -1.06. The van der Waals surface area contributed by atoms with Gasteiger partial charge in [-0.25, -0.2) is 0 Å². The van der Waals surface area contributed by atoms with Crippen molar-refractivity contribution in [1.29, 1.82) is 0 Å². The van der Waals surface area contributed by atoms with Crippen molar-refractivity contribution >= 4 is 23.2 Å². The van der Waals surface area contributed by atoms with E-state index in [4.69, 9.17) is 28.9 Å². The lowest BCUT2D eigenvalue weighted by Gasteiger charge is -2.24. The van der Waals surface area contributed by atoms with Crippen molar-refractivity contribution in [1.82, 2.24) is 0 Å². The Bertz CT molecular complexity index is 601. The van der Waals surface area contributed by atoms with Crippen molar-refractivity contribution in [2.75, 3.05) is 6.54 Å². The van der Waals surface area contributed by atoms with Crippen molar-refractivity contribution in [2.45, 2.75) is 18.9 Å². The quantitative estimate of drug-likeness (QED) is 0.894. The fourth-order valence-electron chi connectivity index (χ4n) is 2.29. The second-order valence-electron chi connectivity index (χ2n) is 4.83. The molecular weight excluding hydrogens is 293 g/mol. The summed E-state index contributed by atoms with van der Waals surface area (Å²) in [5, 5.41) is 11.8. The molecule has 0 fully saturated rings. The Morgan fingerprint density at radius 3 is 2.35 bits per heavy atom. The zero-order valence-corrected chi connectivity index (χ0v) is 12.7. The van der Waals surface area contributed by atoms with E-state index in [2.05, 4.69) is 0 Å². The first-order valence-electron chi connectivity index (χ1n) is 6.43. The van der Waals surface area contributed by atoms with Crippen LogP contribution in [-0.4, -0.2) is 11.7 Å². The smallest absolute Gasteiger partial charge is 0.0885 e. The molecule has 0 radical (unpaired) electrons. The normalized spacial score (nSPS) is 14.1. The predicted octanol–water partition coefficient (Wildman–Crippen LogP) is 4.08. The van der Waals surface area contributed by atoms with Crippen molar-refractivity contribution in [3.63, 3.8) is 0 Å². The van der Waals surface area contributed by atoms with Gasteiger partial charge in [0.05, 0.1) is 6.10 Å². The molecule has 0 saturated carbocycles. The minimum Gasteiger partial charge on any atom is -0.388 e. The second-order valence-corrected chi connectivity index (χ2v) is 5.65. The van der Waals surface area contributed by atoms with Crippen LogP contribution in [0.5, 0.6) is 0 Å². The third-order valence-corrected chi connectivity index (χ3v) is 4.09. The molecule has 0 aliphatic rings. The number of rotatable bonds is 4. The number of hydrogen-bond acceptors (Lipinski definition) is 2. The molecule has 2 rings (SSSR count). The van der Waals surface area contributed by atoms with Crippen LogP contribution in [0.3, 0.4) is 0 Å². The van der Waals surface area contributed by atoms with Gasteiger partial charge in [-0.15, -0.1) is 0 Å². The van der Waals surface area contributed by atoms with Gasteiger partial charge in [-0.1, -0.05) is 53.5 Å². The van der Waals surface area contributed by atoms with Gasteiger partial charge in [-0.05, 0) is 35.7 Å². The molecule has 20 heavy (non-hydrogen) atoms. The van der Waals surface area contributed by atoms with Gasteiger partial charge in [0.2, 0.25) is 0 Å². The molecule has 2 unspecified atom stereocenters. The van der Waals surface area contributed by atoms with E-state index in [1.54, 1.807) is 6.07 Å². The predicted molar refractivity (Wildman–Crippen MR) is 84.4 cm³/mol. The summed E-state index contributed by atoms with van der Waals surface area (Å²) in [4.78, 5) is 0. The van der Waals surface area contributed by atoms with Gasteiger partial charge in [-0.2, -0.15) is 0 Å². The van der Waals surface area contributed by atoms with Crippen molar-refractivity contribution in [3.05, 3.63) is 69.2 Å². The van der Waals surface area contributed by atoms with E-state index in [0.717, 1.165) is 11.1 Å². The van der Waals surface area contributed by atoms with Crippen LogP contribution in [0.1, 0.15) is 28.7 Å². The molecule has 0 saturated heterocycles. The summed E-state index contributed by atoms with van der Waals surface area (Å²) in [5.74, 6) is -0.288. The molecule has 4 heteroatoms. The first-order valence-corrected chi connectivity index (χ1v) is 7.18. The molecule has 0 aromatic heterocycles. The number of benzene rings is 2. The van der Waals surface area contributed by atoms with E-state index in [1.165, 1.54) is 0 Å². The third kappa shape index (κ3) is 3.15. The van der Waals surface area contributed by atoms with Gasteiger partial charge in [0.15, 0.2) is 0 Å². The summed E-state index contributed by atoms with van der Waals surface area (Å²) in [5.41, 5.74) is 8.39. The number of nitrogens with two attached hydrogens (primary N) is 1. The average Bonchev–Trinajstić information content (AvgIpc) is 2.41. The van der Waals surface area contributed by atoms with Crippen LogP contribution < -0.4 is 5.73 Å². The first-order chi connectivity index (χ1) is 9.54. The second kappa shape index (κ2) is 6.59. The molecule has 2 aromatic rings. The van der Waals surface area contributed by atoms with Gasteiger partial charge in [-0.3, -0.25) is 0 Å². The van der Waals surface area contributed by atoms with Crippen LogP contribution in [0, 0.1) is 6.92 Å². The molecule has 2 aromatic carbocycles. The standard InChI is InChI=1S/C16H17Cl2NO/c1-10-6-7-12(15(18)8-10)16(20)13(9-19)11-4-2-3-5-14(11)17/h2-8,13,16,20H,9,19H2,1H3. The van der Waals surface area contributed by atoms with E-state index in [1.807, 2.05) is 43.3 Å². The maximum Gasteiger partial charge on any atom is 0.0885 e. The molecule has 0 spiro atoms. The maximum atomic E-state index is 10.6. The third-order valence-electron chi connectivity index (χ3n) is 3.41. The number of halogens is 2. The summed E-state index contributed by atoms with van der Waals surface area (Å²) in [6.07, 6.45) is -0.784. The molecular formula is C16H17Cl2NO. The van der Waals surface area contributed by atoms with E-state index in [-0.39, 0.29) is 12.5 Å². The van der Waals surface area contributed by atoms with Crippen LogP contribution in [0.4, 0.5) is 0 Å². The van der Waals surface area contributed by atoms with Crippen molar-refractivity contribution in [2.24, 2.45) is 5.73 Å². The molecule has 106 valence electrons. The number of aliphatic hydroxyl groups is 1. The largest absolute Gasteiger partial charge is 0.388 e. The number of aliphatic hydroxyl groups excluding tert-OH is 1. The minimum absolute atomic E-state index is 0.287. The molecule has 0 amide bonds. The molecule has 0 heterocycles. The van der Waals surface area contributed by atoms with E-state index >= 15 is 0 Å². The zero-order chi connectivity index (χ0) is 14.7. The van der Waals surface area contributed by atoms with Gasteiger partial charge in [0, 0.05) is 22.5 Å². The van der Waals surface area contributed by atoms with E-state index < -0.39 is 6.10 Å². The summed E-state index contributed by atoms with van der Waals surface area (Å²) >= 11 is 12.4. The highest BCUT2D eigenvalue weighted by molar-refractivity contribution is 6.32. The van der Waals surface area contributed by atoms with Crippen LogP contribution in [0.25, 0.3) is 0 Å². The summed E-state index contributed by atoms with van der Waals surface area (Å²) in [7, 11) is 0. The monoisotopic (exact) mass is 309 g/mol. The topological polar surface area (TPSA) is 46.2 Å². The summed E-state index contributed by atoms with van der Waals surface area (Å²) < 4.78 is 0.